The summed E-state index contributed by atoms with van der Waals surface area (Å²) in [5.41, 5.74) is 0.999. The molecule has 3 heterocycles. The fraction of sp³-hybridized carbons (Fsp3) is 0.462. The molecule has 1 saturated heterocycles. The van der Waals surface area contributed by atoms with Crippen molar-refractivity contribution in [3.05, 3.63) is 29.0 Å². The Balaban J connectivity index is 1.68. The zero-order chi connectivity index (χ0) is 14.9. The van der Waals surface area contributed by atoms with E-state index in [1.54, 1.807) is 35.2 Å². The smallest absolute Gasteiger partial charge is 0.276 e. The molecule has 114 valence electrons. The third-order valence-corrected chi connectivity index (χ3v) is 7.17. The van der Waals surface area contributed by atoms with Crippen molar-refractivity contribution in [3.63, 3.8) is 0 Å². The second-order valence-corrected chi connectivity index (χ2v) is 8.82. The first kappa shape index (κ1) is 15.1. The van der Waals surface area contributed by atoms with Gasteiger partial charge in [-0.3, -0.25) is 0 Å². The van der Waals surface area contributed by atoms with Crippen molar-refractivity contribution in [2.45, 2.75) is 35.0 Å². The lowest BCUT2D eigenvalue weighted by Gasteiger charge is -2.12. The van der Waals surface area contributed by atoms with Crippen LogP contribution in [0.15, 0.2) is 31.4 Å². The van der Waals surface area contributed by atoms with Gasteiger partial charge in [0, 0.05) is 24.2 Å². The van der Waals surface area contributed by atoms with Gasteiger partial charge >= 0.3 is 0 Å². The number of hydrogen-bond donors (Lipinski definition) is 0. The molecule has 2 aromatic heterocycles. The van der Waals surface area contributed by atoms with Crippen LogP contribution in [0.25, 0.3) is 0 Å². The van der Waals surface area contributed by atoms with E-state index in [0.29, 0.717) is 24.6 Å². The van der Waals surface area contributed by atoms with Crippen molar-refractivity contribution >= 4 is 33.1 Å². The van der Waals surface area contributed by atoms with Gasteiger partial charge in [0.1, 0.15) is 5.76 Å². The highest BCUT2D eigenvalue weighted by Crippen LogP contribution is 2.28. The largest absolute Gasteiger partial charge is 0.447 e. The lowest BCUT2D eigenvalue weighted by Crippen LogP contribution is -2.27. The minimum absolute atomic E-state index is 0.0512. The van der Waals surface area contributed by atoms with Crippen LogP contribution in [-0.4, -0.2) is 30.8 Å². The van der Waals surface area contributed by atoms with Gasteiger partial charge in [-0.2, -0.15) is 4.31 Å². The van der Waals surface area contributed by atoms with Gasteiger partial charge in [-0.15, -0.1) is 11.3 Å². The quantitative estimate of drug-likeness (QED) is 0.780. The average Bonchev–Trinajstić information content (AvgIpc) is 3.18. The molecular weight excluding hydrogens is 328 g/mol. The monoisotopic (exact) mass is 344 g/mol. The normalized spacial score (nSPS) is 16.6. The Morgan fingerprint density at radius 2 is 2.14 bits per heavy atom. The summed E-state index contributed by atoms with van der Waals surface area (Å²) in [5.74, 6) is 1.24. The maximum Gasteiger partial charge on any atom is 0.276 e. The number of furan rings is 1. The molecule has 5 nitrogen and oxygen atoms in total. The molecule has 1 aliphatic rings. The first-order valence-corrected chi connectivity index (χ1v) is 10.00. The lowest BCUT2D eigenvalue weighted by molar-refractivity contribution is 0.397. The van der Waals surface area contributed by atoms with Crippen LogP contribution in [0.3, 0.4) is 0 Å². The van der Waals surface area contributed by atoms with Crippen LogP contribution in [-0.2, 0) is 15.8 Å². The molecule has 0 N–H and O–H groups in total. The molecule has 0 spiro atoms. The summed E-state index contributed by atoms with van der Waals surface area (Å²) in [6, 6.07) is 3.28. The summed E-state index contributed by atoms with van der Waals surface area (Å²) in [5, 5.41) is 2.05. The third kappa shape index (κ3) is 3.33. The van der Waals surface area contributed by atoms with Gasteiger partial charge < -0.3 is 4.42 Å². The molecular formula is C13H16N2O3S3. The lowest BCUT2D eigenvalue weighted by atomic mass is 10.4. The van der Waals surface area contributed by atoms with Gasteiger partial charge in [-0.1, -0.05) is 11.8 Å². The number of rotatable bonds is 5. The SMILES string of the molecule is Cc1csc(SCc2ccc(S(=O)(=O)N3CCCC3)o2)n1. The van der Waals surface area contributed by atoms with E-state index in [1.165, 1.54) is 4.31 Å². The van der Waals surface area contributed by atoms with Gasteiger partial charge in [0.2, 0.25) is 5.09 Å². The zero-order valence-corrected chi connectivity index (χ0v) is 14.1. The summed E-state index contributed by atoms with van der Waals surface area (Å²) >= 11 is 3.14. The Bertz CT molecular complexity index is 715. The molecule has 3 rings (SSSR count). The second-order valence-electron chi connectivity index (χ2n) is 4.88. The van der Waals surface area contributed by atoms with Gasteiger partial charge in [0.15, 0.2) is 4.34 Å². The molecule has 2 aromatic rings. The Kier molecular flexibility index (Phi) is 4.39. The maximum atomic E-state index is 12.3. The molecule has 8 heteroatoms. The van der Waals surface area contributed by atoms with Crippen LogP contribution >= 0.6 is 23.1 Å². The minimum atomic E-state index is -3.45. The summed E-state index contributed by atoms with van der Waals surface area (Å²) in [6.07, 6.45) is 1.85. The number of thioether (sulfide) groups is 1. The van der Waals surface area contributed by atoms with E-state index in [9.17, 15) is 8.42 Å². The number of nitrogens with zero attached hydrogens (tertiary/aromatic N) is 2. The van der Waals surface area contributed by atoms with E-state index in [-0.39, 0.29) is 5.09 Å². The third-order valence-electron chi connectivity index (χ3n) is 3.23. The molecule has 0 radical (unpaired) electrons. The molecule has 0 atom stereocenters. The predicted octanol–water partition coefficient (Wildman–Crippen LogP) is 3.12. The number of sulfonamides is 1. The molecule has 0 saturated carbocycles. The summed E-state index contributed by atoms with van der Waals surface area (Å²) in [7, 11) is -3.45. The number of aryl methyl sites for hydroxylation is 1. The summed E-state index contributed by atoms with van der Waals surface area (Å²) in [4.78, 5) is 4.36. The molecule has 0 unspecified atom stereocenters. The maximum absolute atomic E-state index is 12.3. The Labute approximate surface area is 132 Å². The first-order chi connectivity index (χ1) is 10.1. The molecule has 1 aliphatic heterocycles. The zero-order valence-electron chi connectivity index (χ0n) is 11.6. The number of aromatic nitrogens is 1. The van der Waals surface area contributed by atoms with Crippen LogP contribution in [0.1, 0.15) is 24.3 Å². The summed E-state index contributed by atoms with van der Waals surface area (Å²) < 4.78 is 32.7. The van der Waals surface area contributed by atoms with Crippen LogP contribution < -0.4 is 0 Å². The standard InChI is InChI=1S/C13H16N2O3S3/c1-10-8-19-13(14-10)20-9-11-4-5-12(18-11)21(16,17)15-6-2-3-7-15/h4-5,8H,2-3,6-7,9H2,1H3. The van der Waals surface area contributed by atoms with E-state index in [4.69, 9.17) is 4.42 Å². The first-order valence-electron chi connectivity index (χ1n) is 6.69. The van der Waals surface area contributed by atoms with Gasteiger partial charge in [0.25, 0.3) is 10.0 Å². The fourth-order valence-electron chi connectivity index (χ4n) is 2.16. The Morgan fingerprint density at radius 1 is 1.38 bits per heavy atom. The topological polar surface area (TPSA) is 63.4 Å². The molecule has 0 aromatic carbocycles. The number of thiazole rings is 1. The van der Waals surface area contributed by atoms with Crippen molar-refractivity contribution in [1.82, 2.24) is 9.29 Å². The van der Waals surface area contributed by atoms with E-state index < -0.39 is 10.0 Å². The minimum Gasteiger partial charge on any atom is -0.447 e. The molecule has 0 aliphatic carbocycles. The van der Waals surface area contributed by atoms with Crippen LogP contribution in [0.2, 0.25) is 0 Å². The fourth-order valence-corrected chi connectivity index (χ4v) is 5.35. The Hall–Kier alpha value is -0.830. The predicted molar refractivity (Wildman–Crippen MR) is 83.1 cm³/mol. The second kappa shape index (κ2) is 6.12. The van der Waals surface area contributed by atoms with E-state index in [0.717, 1.165) is 22.9 Å². The summed E-state index contributed by atoms with van der Waals surface area (Å²) in [6.45, 7) is 3.13. The van der Waals surface area contributed by atoms with Crippen molar-refractivity contribution < 1.29 is 12.8 Å². The van der Waals surface area contributed by atoms with Crippen molar-refractivity contribution in [1.29, 1.82) is 0 Å². The highest BCUT2D eigenvalue weighted by atomic mass is 32.2. The number of hydrogen-bond acceptors (Lipinski definition) is 6. The van der Waals surface area contributed by atoms with Crippen molar-refractivity contribution in [2.24, 2.45) is 0 Å². The van der Waals surface area contributed by atoms with Crippen LogP contribution in [0, 0.1) is 6.92 Å². The van der Waals surface area contributed by atoms with Crippen molar-refractivity contribution in [2.75, 3.05) is 13.1 Å². The van der Waals surface area contributed by atoms with E-state index >= 15 is 0 Å². The van der Waals surface area contributed by atoms with Gasteiger partial charge in [0.05, 0.1) is 5.75 Å². The van der Waals surface area contributed by atoms with Gasteiger partial charge in [-0.05, 0) is 31.9 Å². The Morgan fingerprint density at radius 3 is 2.81 bits per heavy atom. The van der Waals surface area contributed by atoms with Crippen LogP contribution in [0.5, 0.6) is 0 Å². The molecule has 21 heavy (non-hydrogen) atoms. The molecule has 1 fully saturated rings. The average molecular weight is 344 g/mol. The molecule has 0 bridgehead atoms. The van der Waals surface area contributed by atoms with Crippen molar-refractivity contribution in [3.8, 4) is 0 Å². The highest BCUT2D eigenvalue weighted by molar-refractivity contribution is 8.00. The van der Waals surface area contributed by atoms with E-state index in [1.807, 2.05) is 12.3 Å². The highest BCUT2D eigenvalue weighted by Gasteiger charge is 2.29. The van der Waals surface area contributed by atoms with E-state index in [2.05, 4.69) is 4.98 Å². The van der Waals surface area contributed by atoms with Crippen LogP contribution in [0.4, 0.5) is 0 Å². The molecule has 0 amide bonds. The van der Waals surface area contributed by atoms with Gasteiger partial charge in [-0.25, -0.2) is 13.4 Å².